The number of rotatable bonds is 0. The normalized spacial score (nSPS) is 9.44. The lowest BCUT2D eigenvalue weighted by Gasteiger charge is -1.76. The molecule has 0 amide bonds. The second kappa shape index (κ2) is 2.06. The molecule has 2 N–H and O–H groups in total. The lowest BCUT2D eigenvalue weighted by atomic mass is 11.1. The van der Waals surface area contributed by atoms with Gasteiger partial charge in [0.1, 0.15) is 11.3 Å². The summed E-state index contributed by atoms with van der Waals surface area (Å²) >= 11 is 0.242. The van der Waals surface area contributed by atoms with Gasteiger partial charge in [0.15, 0.2) is 0 Å². The van der Waals surface area contributed by atoms with Crippen LogP contribution in [0.25, 0.3) is 0 Å². The Bertz CT molecular complexity index is 338. The van der Waals surface area contributed by atoms with Crippen LogP contribution in [0.4, 0.5) is 0 Å². The van der Waals surface area contributed by atoms with Crippen LogP contribution in [-0.4, -0.2) is 19.0 Å². The van der Waals surface area contributed by atoms with E-state index in [1.165, 1.54) is 11.6 Å². The predicted molar refractivity (Wildman–Crippen MR) is 31.8 cm³/mol. The third-order valence-electron chi connectivity index (χ3n) is 0.965. The molecule has 0 aliphatic rings. The summed E-state index contributed by atoms with van der Waals surface area (Å²) in [5.41, 5.74) is -0.312. The van der Waals surface area contributed by atoms with Crippen LogP contribution < -0.4 is 5.69 Å². The maximum Gasteiger partial charge on any atom is 0.342 e. The molecule has 0 saturated carbocycles. The fourth-order valence-electron chi connectivity index (χ4n) is 0.444. The zero-order valence-corrected chi connectivity index (χ0v) is 5.49. The Labute approximate surface area is 53.4 Å². The van der Waals surface area contributed by atoms with E-state index in [0.29, 0.717) is 0 Å². The quantitative estimate of drug-likeness (QED) is 0.452. The zero-order valence-electron chi connectivity index (χ0n) is 4.67. The molecule has 50 valence electrons. The van der Waals surface area contributed by atoms with Crippen LogP contribution in [-0.2, 0) is 18.3 Å². The summed E-state index contributed by atoms with van der Waals surface area (Å²) in [5.74, 6) is 0. The van der Waals surface area contributed by atoms with Gasteiger partial charge in [0, 0.05) is 7.05 Å². The van der Waals surface area contributed by atoms with Crippen LogP contribution in [0.1, 0.15) is 0 Å². The third-order valence-corrected chi connectivity index (χ3v) is 1.50. The summed E-state index contributed by atoms with van der Waals surface area (Å²) in [5, 5.41) is 4.65. The maximum absolute atomic E-state index is 10.5. The standard InChI is InChI=1S/C3H5N3O2S/c1-6-2(7)4-5-3(6)9-8/h5H,1H3,(H,4,7). The van der Waals surface area contributed by atoms with Crippen LogP contribution in [0, 0.1) is 4.77 Å². The molecule has 1 rings (SSSR count). The molecule has 9 heavy (non-hydrogen) atoms. The minimum atomic E-state index is -0.312. The summed E-state index contributed by atoms with van der Waals surface area (Å²) in [6.07, 6.45) is 0. The van der Waals surface area contributed by atoms with Gasteiger partial charge < -0.3 is 0 Å². The van der Waals surface area contributed by atoms with E-state index < -0.39 is 0 Å². The smallest absolute Gasteiger partial charge is 0.270 e. The predicted octanol–water partition coefficient (Wildman–Crippen LogP) is -1.21. The summed E-state index contributed by atoms with van der Waals surface area (Å²) in [6, 6.07) is 0. The molecular formula is C3H5N3O2S. The van der Waals surface area contributed by atoms with Crippen molar-refractivity contribution in [1.29, 1.82) is 0 Å². The van der Waals surface area contributed by atoms with Crippen molar-refractivity contribution in [2.45, 2.75) is 0 Å². The van der Waals surface area contributed by atoms with Crippen molar-refractivity contribution < 1.29 is 4.21 Å². The highest BCUT2D eigenvalue weighted by Crippen LogP contribution is 1.65. The second-order valence-corrected chi connectivity index (χ2v) is 2.06. The second-order valence-electron chi connectivity index (χ2n) is 1.50. The minimum Gasteiger partial charge on any atom is -0.270 e. The Morgan fingerprint density at radius 3 is 2.44 bits per heavy atom. The molecule has 0 spiro atoms. The van der Waals surface area contributed by atoms with E-state index in [4.69, 9.17) is 0 Å². The van der Waals surface area contributed by atoms with Crippen LogP contribution in [0.2, 0.25) is 0 Å². The molecule has 0 radical (unpaired) electrons. The van der Waals surface area contributed by atoms with Crippen molar-refractivity contribution in [3.8, 4) is 0 Å². The first-order chi connectivity index (χ1) is 4.25. The molecule has 0 fully saturated rings. The zero-order chi connectivity index (χ0) is 6.85. The Morgan fingerprint density at radius 1 is 1.56 bits per heavy atom. The Morgan fingerprint density at radius 2 is 2.22 bits per heavy atom. The SMILES string of the molecule is Cn1c(=O)[nH][nH]c1=S=O. The number of nitrogens with one attached hydrogen (secondary N) is 2. The Kier molecular flexibility index (Phi) is 1.39. The molecule has 0 aliphatic carbocycles. The average molecular weight is 147 g/mol. The van der Waals surface area contributed by atoms with Gasteiger partial charge in [0.2, 0.25) is 4.77 Å². The van der Waals surface area contributed by atoms with Crippen molar-refractivity contribution in [2.75, 3.05) is 0 Å². The summed E-state index contributed by atoms with van der Waals surface area (Å²) < 4.78 is 11.6. The van der Waals surface area contributed by atoms with Gasteiger partial charge in [-0.3, -0.25) is 9.67 Å². The number of aromatic amines is 2. The molecular weight excluding hydrogens is 142 g/mol. The summed E-state index contributed by atoms with van der Waals surface area (Å²) in [7, 11) is 1.51. The van der Waals surface area contributed by atoms with Crippen LogP contribution in [0.3, 0.4) is 0 Å². The number of nitrogens with zero attached hydrogens (tertiary/aromatic N) is 1. The third kappa shape index (κ3) is 0.879. The van der Waals surface area contributed by atoms with E-state index in [0.717, 1.165) is 0 Å². The molecule has 1 heterocycles. The number of H-pyrrole nitrogens is 2. The van der Waals surface area contributed by atoms with E-state index in [-0.39, 0.29) is 21.7 Å². The van der Waals surface area contributed by atoms with Crippen LogP contribution in [0.15, 0.2) is 4.79 Å². The first-order valence-corrected chi connectivity index (χ1v) is 2.96. The average Bonchev–Trinajstić information content (AvgIpc) is 2.15. The van der Waals surface area contributed by atoms with Gasteiger partial charge in [-0.15, -0.1) is 0 Å². The van der Waals surface area contributed by atoms with Gasteiger partial charge in [0.25, 0.3) is 0 Å². The highest BCUT2D eigenvalue weighted by molar-refractivity contribution is 7.56. The summed E-state index contributed by atoms with van der Waals surface area (Å²) in [6.45, 7) is 0. The molecule has 0 atom stereocenters. The van der Waals surface area contributed by atoms with Crippen molar-refractivity contribution in [3.63, 3.8) is 0 Å². The molecule has 6 heteroatoms. The number of aromatic nitrogens is 3. The van der Waals surface area contributed by atoms with Crippen molar-refractivity contribution in [3.05, 3.63) is 15.3 Å². The van der Waals surface area contributed by atoms with Gasteiger partial charge >= 0.3 is 5.69 Å². The van der Waals surface area contributed by atoms with Gasteiger partial charge in [-0.2, -0.15) is 0 Å². The van der Waals surface area contributed by atoms with Gasteiger partial charge in [0.05, 0.1) is 0 Å². The Hall–Kier alpha value is -1.04. The fraction of sp³-hybridized carbons (Fsp3) is 0.333. The first kappa shape index (κ1) is 6.09. The summed E-state index contributed by atoms with van der Waals surface area (Å²) in [4.78, 5) is 10.5. The number of hydrogen-bond acceptors (Lipinski definition) is 2. The van der Waals surface area contributed by atoms with Crippen molar-refractivity contribution >= 4 is 11.3 Å². The van der Waals surface area contributed by atoms with E-state index in [9.17, 15) is 9.00 Å². The van der Waals surface area contributed by atoms with Crippen molar-refractivity contribution in [2.24, 2.45) is 7.05 Å². The van der Waals surface area contributed by atoms with Gasteiger partial charge in [-0.25, -0.2) is 14.1 Å². The molecule has 1 aromatic rings. The van der Waals surface area contributed by atoms with Gasteiger partial charge in [-0.05, 0) is 0 Å². The molecule has 0 saturated heterocycles. The molecule has 0 bridgehead atoms. The van der Waals surface area contributed by atoms with E-state index in [2.05, 4.69) is 10.2 Å². The number of hydrogen-bond donors (Lipinski definition) is 2. The maximum atomic E-state index is 10.5. The molecule has 0 aliphatic heterocycles. The molecule has 1 aromatic heterocycles. The Balaban J connectivity index is 3.76. The highest BCUT2D eigenvalue weighted by atomic mass is 32.1. The van der Waals surface area contributed by atoms with Crippen molar-refractivity contribution in [1.82, 2.24) is 14.8 Å². The monoisotopic (exact) mass is 147 g/mol. The molecule has 0 aromatic carbocycles. The van der Waals surface area contributed by atoms with Gasteiger partial charge in [-0.1, -0.05) is 0 Å². The molecule has 0 unspecified atom stereocenters. The van der Waals surface area contributed by atoms with E-state index in [1.54, 1.807) is 0 Å². The topological polar surface area (TPSA) is 70.7 Å². The fourth-order valence-corrected chi connectivity index (χ4v) is 0.731. The lowest BCUT2D eigenvalue weighted by molar-refractivity contribution is 0.697. The minimum absolute atomic E-state index is 0.242. The van der Waals surface area contributed by atoms with E-state index in [1.807, 2.05) is 0 Å². The lowest BCUT2D eigenvalue weighted by Crippen LogP contribution is -2.12. The molecule has 5 nitrogen and oxygen atoms in total. The van der Waals surface area contributed by atoms with Crippen LogP contribution >= 0.6 is 0 Å². The van der Waals surface area contributed by atoms with E-state index >= 15 is 0 Å². The van der Waals surface area contributed by atoms with Crippen LogP contribution in [0.5, 0.6) is 0 Å². The first-order valence-electron chi connectivity index (χ1n) is 2.22. The largest absolute Gasteiger partial charge is 0.342 e. The highest BCUT2D eigenvalue weighted by Gasteiger charge is 1.89.